The highest BCUT2D eigenvalue weighted by Gasteiger charge is 2.29. The number of aliphatic hydroxyl groups is 1. The molecule has 0 spiro atoms. The average molecular weight is 474 g/mol. The van der Waals surface area contributed by atoms with E-state index in [1.54, 1.807) is 43.3 Å². The van der Waals surface area contributed by atoms with Crippen LogP contribution < -0.4 is 27.0 Å². The van der Waals surface area contributed by atoms with E-state index in [1.165, 1.54) is 0 Å². The highest BCUT2D eigenvalue weighted by atomic mass is 19.1. The zero-order valence-electron chi connectivity index (χ0n) is 19.8. The van der Waals surface area contributed by atoms with Crippen LogP contribution in [0.4, 0.5) is 27.7 Å². The molecule has 0 aromatic carbocycles. The van der Waals surface area contributed by atoms with E-state index in [0.29, 0.717) is 41.8 Å². The van der Waals surface area contributed by atoms with E-state index in [-0.39, 0.29) is 18.4 Å². The number of aliphatic imine (C=N–C) groups is 1. The number of primary amides is 1. The Labute approximate surface area is 197 Å². The number of aromatic nitrogens is 3. The first-order chi connectivity index (χ1) is 16.0. The van der Waals surface area contributed by atoms with Crippen LogP contribution in [0, 0.1) is 0 Å². The van der Waals surface area contributed by atoms with Gasteiger partial charge < -0.3 is 32.1 Å². The maximum Gasteiger partial charge on any atom is 0.244 e. The molecule has 0 aliphatic carbocycles. The number of carbonyl (C=O) groups is 1. The van der Waals surface area contributed by atoms with Crippen LogP contribution in [0.3, 0.4) is 0 Å². The third-order valence-electron chi connectivity index (χ3n) is 5.32. The van der Waals surface area contributed by atoms with Gasteiger partial charge in [-0.15, -0.1) is 0 Å². The van der Waals surface area contributed by atoms with Crippen molar-refractivity contribution in [2.24, 2.45) is 16.5 Å². The second-order valence-electron chi connectivity index (χ2n) is 9.02. The minimum absolute atomic E-state index is 0.0281. The zero-order valence-corrected chi connectivity index (χ0v) is 19.8. The van der Waals surface area contributed by atoms with Crippen molar-refractivity contribution in [3.8, 4) is 0 Å². The van der Waals surface area contributed by atoms with Crippen molar-refractivity contribution in [1.82, 2.24) is 15.0 Å². The van der Waals surface area contributed by atoms with Gasteiger partial charge in [0.1, 0.15) is 29.2 Å². The zero-order chi connectivity index (χ0) is 25.0. The van der Waals surface area contributed by atoms with Crippen molar-refractivity contribution in [3.63, 3.8) is 0 Å². The Hall–Kier alpha value is -3.54. The van der Waals surface area contributed by atoms with Crippen molar-refractivity contribution in [3.05, 3.63) is 30.1 Å². The van der Waals surface area contributed by atoms with Gasteiger partial charge >= 0.3 is 0 Å². The number of nitrogens with zero attached hydrogens (tertiary/aromatic N) is 5. The number of aliphatic hydroxyl groups excluding tert-OH is 1. The van der Waals surface area contributed by atoms with Gasteiger partial charge in [0.15, 0.2) is 0 Å². The molecule has 7 N–H and O–H groups in total. The normalized spacial score (nSPS) is 19.3. The lowest BCUT2D eigenvalue weighted by molar-refractivity contribution is -0.121. The Morgan fingerprint density at radius 2 is 2.06 bits per heavy atom. The number of carbonyl (C=O) groups excluding carboxylic acids is 1. The number of anilines is 4. The van der Waals surface area contributed by atoms with E-state index in [4.69, 9.17) is 11.5 Å². The van der Waals surface area contributed by atoms with E-state index < -0.39 is 23.7 Å². The molecule has 1 amide bonds. The number of piperidine rings is 1. The highest BCUT2D eigenvalue weighted by molar-refractivity contribution is 6.04. The largest absolute Gasteiger partial charge is 0.390 e. The predicted molar refractivity (Wildman–Crippen MR) is 130 cm³/mol. The summed E-state index contributed by atoms with van der Waals surface area (Å²) in [6.07, 6.45) is 1.12. The molecule has 2 aromatic heterocycles. The van der Waals surface area contributed by atoms with E-state index in [1.807, 2.05) is 13.8 Å². The van der Waals surface area contributed by atoms with Crippen LogP contribution in [0.5, 0.6) is 0 Å². The molecular formula is C22H32FN9O2. The minimum atomic E-state index is -1.35. The summed E-state index contributed by atoms with van der Waals surface area (Å²) < 4.78 is 13.9. The first kappa shape index (κ1) is 25.1. The molecule has 12 heteroatoms. The fraction of sp³-hybridized carbons (Fsp3) is 0.500. The third-order valence-corrected chi connectivity index (χ3v) is 5.32. The molecule has 1 saturated heterocycles. The molecule has 34 heavy (non-hydrogen) atoms. The number of hydrogen-bond acceptors (Lipinski definition) is 9. The topological polar surface area (TPSA) is 168 Å². The lowest BCUT2D eigenvalue weighted by atomic mass is 10.1. The fourth-order valence-electron chi connectivity index (χ4n) is 3.35. The summed E-state index contributed by atoms with van der Waals surface area (Å²) in [6.45, 7) is 7.61. The SMILES string of the molecule is CC(C)Nc1cc(Nc2ccnc(N3CCC(O)C(F)C3)n2)ncc1C(N)=NC(C)(C)C(N)=O. The number of rotatable bonds is 8. The summed E-state index contributed by atoms with van der Waals surface area (Å²) in [6, 6.07) is 3.51. The Kier molecular flexibility index (Phi) is 7.50. The van der Waals surface area contributed by atoms with Gasteiger partial charge in [0.25, 0.3) is 0 Å². The molecule has 0 saturated carbocycles. The van der Waals surface area contributed by atoms with Crippen LogP contribution in [0.15, 0.2) is 29.5 Å². The van der Waals surface area contributed by atoms with Gasteiger partial charge in [0.05, 0.1) is 23.9 Å². The molecule has 11 nitrogen and oxygen atoms in total. The molecule has 1 aliphatic heterocycles. The molecule has 1 fully saturated rings. The van der Waals surface area contributed by atoms with Gasteiger partial charge in [-0.3, -0.25) is 9.79 Å². The number of nitrogens with one attached hydrogen (secondary N) is 2. The molecule has 2 atom stereocenters. The Balaban J connectivity index is 1.86. The van der Waals surface area contributed by atoms with E-state index >= 15 is 0 Å². The van der Waals surface area contributed by atoms with Crippen molar-refractivity contribution < 1.29 is 14.3 Å². The Morgan fingerprint density at radius 3 is 2.71 bits per heavy atom. The summed E-state index contributed by atoms with van der Waals surface area (Å²) >= 11 is 0. The predicted octanol–water partition coefficient (Wildman–Crippen LogP) is 1.31. The van der Waals surface area contributed by atoms with Crippen molar-refractivity contribution in [2.45, 2.75) is 58.0 Å². The van der Waals surface area contributed by atoms with Crippen LogP contribution in [0.2, 0.25) is 0 Å². The van der Waals surface area contributed by atoms with Crippen LogP contribution in [-0.4, -0.2) is 68.7 Å². The number of amidine groups is 1. The molecule has 2 aromatic rings. The van der Waals surface area contributed by atoms with Crippen LogP contribution >= 0.6 is 0 Å². The lowest BCUT2D eigenvalue weighted by Gasteiger charge is -2.32. The Morgan fingerprint density at radius 1 is 1.32 bits per heavy atom. The number of hydrogen-bond donors (Lipinski definition) is 5. The molecule has 0 bridgehead atoms. The number of alkyl halides is 1. The van der Waals surface area contributed by atoms with Gasteiger partial charge in [-0.1, -0.05) is 0 Å². The fourth-order valence-corrected chi connectivity index (χ4v) is 3.35. The molecular weight excluding hydrogens is 441 g/mol. The van der Waals surface area contributed by atoms with Crippen molar-refractivity contribution >= 4 is 35.0 Å². The number of amides is 1. The Bertz CT molecular complexity index is 1060. The molecule has 2 unspecified atom stereocenters. The second kappa shape index (κ2) is 10.2. The summed E-state index contributed by atoms with van der Waals surface area (Å²) in [7, 11) is 0. The third kappa shape index (κ3) is 6.07. The van der Waals surface area contributed by atoms with Gasteiger partial charge in [-0.2, -0.15) is 4.98 Å². The van der Waals surface area contributed by atoms with E-state index in [9.17, 15) is 14.3 Å². The smallest absolute Gasteiger partial charge is 0.244 e. The first-order valence-electron chi connectivity index (χ1n) is 11.1. The van der Waals surface area contributed by atoms with Gasteiger partial charge in [-0.05, 0) is 40.2 Å². The van der Waals surface area contributed by atoms with E-state index in [0.717, 1.165) is 0 Å². The van der Waals surface area contributed by atoms with Crippen molar-refractivity contribution in [2.75, 3.05) is 28.6 Å². The summed E-state index contributed by atoms with van der Waals surface area (Å²) in [5, 5.41) is 16.0. The molecule has 3 heterocycles. The maximum atomic E-state index is 13.9. The highest BCUT2D eigenvalue weighted by Crippen LogP contribution is 2.24. The van der Waals surface area contributed by atoms with Crippen molar-refractivity contribution in [1.29, 1.82) is 0 Å². The molecule has 1 aliphatic rings. The number of pyridine rings is 1. The monoisotopic (exact) mass is 473 g/mol. The van der Waals surface area contributed by atoms with Crippen LogP contribution in [0.25, 0.3) is 0 Å². The number of halogens is 1. The second-order valence-corrected chi connectivity index (χ2v) is 9.02. The average Bonchev–Trinajstić information content (AvgIpc) is 2.75. The van der Waals surface area contributed by atoms with Crippen LogP contribution in [0.1, 0.15) is 39.7 Å². The molecule has 0 radical (unpaired) electrons. The molecule has 184 valence electrons. The lowest BCUT2D eigenvalue weighted by Crippen LogP contribution is -2.45. The summed E-state index contributed by atoms with van der Waals surface area (Å²) in [4.78, 5) is 30.7. The minimum Gasteiger partial charge on any atom is -0.390 e. The van der Waals surface area contributed by atoms with E-state index in [2.05, 4.69) is 30.6 Å². The first-order valence-corrected chi connectivity index (χ1v) is 11.1. The quantitative estimate of drug-likeness (QED) is 0.280. The molecule has 3 rings (SSSR count). The standard InChI is InChI=1S/C22H32FN9O2/c1-12(2)28-15-9-18(27-10-13(15)19(24)31-22(3,4)20(25)34)29-17-5-7-26-21(30-17)32-8-6-16(33)14(23)11-32/h5,7,9-10,12,14,16,33H,6,8,11H2,1-4H3,(H2,24,31)(H2,25,34)(H2,26,27,28,29,30). The maximum absolute atomic E-state index is 13.9. The summed E-state index contributed by atoms with van der Waals surface area (Å²) in [5.41, 5.74) is 11.6. The van der Waals surface area contributed by atoms with Gasteiger partial charge in [0, 0.05) is 31.0 Å². The summed E-state index contributed by atoms with van der Waals surface area (Å²) in [5.74, 6) is 0.849. The van der Waals surface area contributed by atoms with Gasteiger partial charge in [-0.25, -0.2) is 14.4 Å². The number of nitrogens with two attached hydrogens (primary N) is 2. The van der Waals surface area contributed by atoms with Crippen LogP contribution in [-0.2, 0) is 4.79 Å². The van der Waals surface area contributed by atoms with Gasteiger partial charge in [0.2, 0.25) is 11.9 Å².